The SMILES string of the molecule is Cc1cc(C)cc(-c2c(OCC[C@@H]3CCN3)c3cc([N+](=O)[O-])c(Cl)cc3[nH]c2=O)c1. The summed E-state index contributed by atoms with van der Waals surface area (Å²) in [6.45, 7) is 5.31. The maximum Gasteiger partial charge on any atom is 0.288 e. The van der Waals surface area contributed by atoms with E-state index in [0.29, 0.717) is 40.4 Å². The lowest BCUT2D eigenvalue weighted by Crippen LogP contribution is -2.43. The minimum Gasteiger partial charge on any atom is -0.492 e. The predicted molar refractivity (Wildman–Crippen MR) is 118 cm³/mol. The Bertz CT molecular complexity index is 1180. The van der Waals surface area contributed by atoms with E-state index < -0.39 is 4.92 Å². The average molecular weight is 428 g/mol. The molecule has 0 aliphatic carbocycles. The van der Waals surface area contributed by atoms with Crippen molar-refractivity contribution >= 4 is 28.2 Å². The third kappa shape index (κ3) is 3.91. The van der Waals surface area contributed by atoms with Crippen LogP contribution in [0.2, 0.25) is 5.02 Å². The van der Waals surface area contributed by atoms with Crippen LogP contribution in [0.3, 0.4) is 0 Å². The van der Waals surface area contributed by atoms with E-state index in [1.54, 1.807) is 0 Å². The molecule has 156 valence electrons. The van der Waals surface area contributed by atoms with Crippen LogP contribution in [0.15, 0.2) is 35.1 Å². The quantitative estimate of drug-likeness (QED) is 0.445. The fourth-order valence-electron chi connectivity index (χ4n) is 3.84. The number of benzene rings is 2. The summed E-state index contributed by atoms with van der Waals surface area (Å²) < 4.78 is 6.12. The van der Waals surface area contributed by atoms with Gasteiger partial charge in [0.15, 0.2) is 0 Å². The molecule has 1 aromatic heterocycles. The van der Waals surface area contributed by atoms with Crippen molar-refractivity contribution in [1.29, 1.82) is 0 Å². The molecular weight excluding hydrogens is 406 g/mol. The number of halogens is 1. The molecule has 0 spiro atoms. The number of H-pyrrole nitrogens is 1. The summed E-state index contributed by atoms with van der Waals surface area (Å²) in [5.41, 5.74) is 2.95. The number of aromatic nitrogens is 1. The smallest absolute Gasteiger partial charge is 0.288 e. The Morgan fingerprint density at radius 2 is 1.90 bits per heavy atom. The summed E-state index contributed by atoms with van der Waals surface area (Å²) in [6, 6.07) is 9.01. The number of pyridine rings is 1. The number of nitrogens with one attached hydrogen (secondary N) is 2. The Labute approximate surface area is 178 Å². The highest BCUT2D eigenvalue weighted by Gasteiger charge is 2.22. The van der Waals surface area contributed by atoms with Crippen molar-refractivity contribution in [2.75, 3.05) is 13.2 Å². The lowest BCUT2D eigenvalue weighted by molar-refractivity contribution is -0.384. The van der Waals surface area contributed by atoms with Gasteiger partial charge in [0.25, 0.3) is 11.2 Å². The zero-order valence-electron chi connectivity index (χ0n) is 16.8. The number of hydrogen-bond acceptors (Lipinski definition) is 5. The van der Waals surface area contributed by atoms with Gasteiger partial charge in [0, 0.05) is 17.5 Å². The molecule has 0 radical (unpaired) electrons. The van der Waals surface area contributed by atoms with E-state index in [9.17, 15) is 14.9 Å². The summed E-state index contributed by atoms with van der Waals surface area (Å²) in [4.78, 5) is 26.8. The molecule has 8 heteroatoms. The first-order chi connectivity index (χ1) is 14.3. The lowest BCUT2D eigenvalue weighted by Gasteiger charge is -2.27. The van der Waals surface area contributed by atoms with Crippen LogP contribution in [-0.2, 0) is 0 Å². The first-order valence-corrected chi connectivity index (χ1v) is 10.2. The third-order valence-electron chi connectivity index (χ3n) is 5.38. The van der Waals surface area contributed by atoms with Crippen molar-refractivity contribution in [3.63, 3.8) is 0 Å². The maximum absolute atomic E-state index is 13.0. The molecule has 3 aromatic rings. The van der Waals surface area contributed by atoms with Crippen LogP contribution < -0.4 is 15.6 Å². The summed E-state index contributed by atoms with van der Waals surface area (Å²) in [5.74, 6) is 0.345. The molecule has 0 bridgehead atoms. The number of ether oxygens (including phenoxy) is 1. The van der Waals surface area contributed by atoms with Gasteiger partial charge in [0.05, 0.1) is 22.6 Å². The van der Waals surface area contributed by atoms with Crippen LogP contribution in [0.5, 0.6) is 5.75 Å². The fraction of sp³-hybridized carbons (Fsp3) is 0.318. The van der Waals surface area contributed by atoms with Gasteiger partial charge in [-0.15, -0.1) is 0 Å². The Morgan fingerprint density at radius 3 is 2.50 bits per heavy atom. The van der Waals surface area contributed by atoms with E-state index in [2.05, 4.69) is 10.3 Å². The number of hydrogen-bond donors (Lipinski definition) is 2. The molecule has 0 saturated carbocycles. The van der Waals surface area contributed by atoms with Gasteiger partial charge in [-0.2, -0.15) is 0 Å². The van der Waals surface area contributed by atoms with Crippen LogP contribution in [-0.4, -0.2) is 29.1 Å². The van der Waals surface area contributed by atoms with E-state index in [0.717, 1.165) is 30.5 Å². The van der Waals surface area contributed by atoms with Gasteiger partial charge in [-0.3, -0.25) is 14.9 Å². The normalized spacial score (nSPS) is 15.8. The monoisotopic (exact) mass is 427 g/mol. The summed E-state index contributed by atoms with van der Waals surface area (Å²) >= 11 is 6.06. The Balaban J connectivity index is 1.92. The van der Waals surface area contributed by atoms with Gasteiger partial charge in [-0.05, 0) is 44.9 Å². The molecule has 7 nitrogen and oxygen atoms in total. The van der Waals surface area contributed by atoms with Gasteiger partial charge in [-0.25, -0.2) is 0 Å². The fourth-order valence-corrected chi connectivity index (χ4v) is 4.08. The van der Waals surface area contributed by atoms with Crippen molar-refractivity contribution in [3.05, 3.63) is 66.9 Å². The van der Waals surface area contributed by atoms with E-state index in [4.69, 9.17) is 16.3 Å². The number of nitrogens with zero attached hydrogens (tertiary/aromatic N) is 1. The minimum absolute atomic E-state index is 0.0353. The number of nitro groups is 1. The number of aryl methyl sites for hydroxylation is 2. The van der Waals surface area contributed by atoms with Crippen LogP contribution in [0, 0.1) is 24.0 Å². The molecule has 0 unspecified atom stereocenters. The highest BCUT2D eigenvalue weighted by atomic mass is 35.5. The standard InChI is InChI=1S/C22H22ClN3O4/c1-12-7-13(2)9-14(8-12)20-21(30-6-4-15-3-5-24-15)16-10-19(26(28)29)17(23)11-18(16)25-22(20)27/h7-11,15,24H,3-6H2,1-2H3,(H,25,27)/t15-/m0/s1. The van der Waals surface area contributed by atoms with Crippen LogP contribution in [0.25, 0.3) is 22.0 Å². The molecule has 1 atom stereocenters. The second kappa shape index (κ2) is 8.08. The molecule has 1 aliphatic heterocycles. The molecule has 1 aliphatic rings. The molecule has 1 fully saturated rings. The average Bonchev–Trinajstić information content (AvgIpc) is 2.61. The molecule has 0 amide bonds. The first-order valence-electron chi connectivity index (χ1n) is 9.82. The summed E-state index contributed by atoms with van der Waals surface area (Å²) in [5, 5.41) is 15.2. The van der Waals surface area contributed by atoms with Crippen molar-refractivity contribution in [3.8, 4) is 16.9 Å². The van der Waals surface area contributed by atoms with Gasteiger partial charge < -0.3 is 15.0 Å². The summed E-state index contributed by atoms with van der Waals surface area (Å²) in [6.07, 6.45) is 1.88. The van der Waals surface area contributed by atoms with E-state index >= 15 is 0 Å². The van der Waals surface area contributed by atoms with Crippen LogP contribution >= 0.6 is 11.6 Å². The lowest BCUT2D eigenvalue weighted by atomic mass is 9.99. The van der Waals surface area contributed by atoms with E-state index in [-0.39, 0.29) is 16.3 Å². The Hall–Kier alpha value is -2.90. The van der Waals surface area contributed by atoms with Crippen molar-refractivity contribution in [2.45, 2.75) is 32.7 Å². The number of aromatic amines is 1. The highest BCUT2D eigenvalue weighted by molar-refractivity contribution is 6.33. The number of fused-ring (bicyclic) bond motifs is 1. The topological polar surface area (TPSA) is 97.3 Å². The second-order valence-corrected chi connectivity index (χ2v) is 8.13. The third-order valence-corrected chi connectivity index (χ3v) is 5.68. The molecule has 1 saturated heterocycles. The molecule has 2 heterocycles. The maximum atomic E-state index is 13.0. The predicted octanol–water partition coefficient (Wildman–Crippen LogP) is 4.50. The second-order valence-electron chi connectivity index (χ2n) is 7.72. The highest BCUT2D eigenvalue weighted by Crippen LogP contribution is 2.38. The van der Waals surface area contributed by atoms with Gasteiger partial charge in [-0.1, -0.05) is 40.9 Å². The van der Waals surface area contributed by atoms with Crippen LogP contribution in [0.1, 0.15) is 24.0 Å². The number of rotatable bonds is 6. The van der Waals surface area contributed by atoms with E-state index in [1.807, 2.05) is 32.0 Å². The Kier molecular flexibility index (Phi) is 5.49. The van der Waals surface area contributed by atoms with Gasteiger partial charge in [0.2, 0.25) is 0 Å². The largest absolute Gasteiger partial charge is 0.492 e. The molecule has 4 rings (SSSR count). The zero-order valence-corrected chi connectivity index (χ0v) is 17.5. The van der Waals surface area contributed by atoms with Gasteiger partial charge >= 0.3 is 0 Å². The van der Waals surface area contributed by atoms with Crippen molar-refractivity contribution < 1.29 is 9.66 Å². The first kappa shape index (κ1) is 20.4. The van der Waals surface area contributed by atoms with Crippen molar-refractivity contribution in [2.24, 2.45) is 0 Å². The molecule has 2 aromatic carbocycles. The Morgan fingerprint density at radius 1 is 1.20 bits per heavy atom. The number of nitro benzene ring substituents is 1. The van der Waals surface area contributed by atoms with Crippen molar-refractivity contribution in [1.82, 2.24) is 10.3 Å². The summed E-state index contributed by atoms with van der Waals surface area (Å²) in [7, 11) is 0. The van der Waals surface area contributed by atoms with E-state index in [1.165, 1.54) is 12.1 Å². The zero-order chi connectivity index (χ0) is 21.4. The molecule has 30 heavy (non-hydrogen) atoms. The minimum atomic E-state index is -0.536. The van der Waals surface area contributed by atoms with Gasteiger partial charge in [0.1, 0.15) is 10.8 Å². The van der Waals surface area contributed by atoms with Crippen LogP contribution in [0.4, 0.5) is 5.69 Å². The molecule has 2 N–H and O–H groups in total. The molecular formula is C22H22ClN3O4.